The van der Waals surface area contributed by atoms with Crippen LogP contribution in [0.3, 0.4) is 0 Å². The number of hydrogen-bond donors (Lipinski definition) is 2. The molecule has 2 aromatic carbocycles. The van der Waals surface area contributed by atoms with E-state index in [0.717, 1.165) is 0 Å². The van der Waals surface area contributed by atoms with Crippen molar-refractivity contribution < 1.29 is 14.3 Å². The van der Waals surface area contributed by atoms with Crippen LogP contribution in [0.15, 0.2) is 53.5 Å². The minimum absolute atomic E-state index is 0.193. The van der Waals surface area contributed by atoms with Gasteiger partial charge in [0, 0.05) is 5.22 Å². The van der Waals surface area contributed by atoms with Gasteiger partial charge in [-0.2, -0.15) is 0 Å². The number of benzene rings is 2. The van der Waals surface area contributed by atoms with Gasteiger partial charge < -0.3 is 10.1 Å². The number of imidazole rings is 1. The van der Waals surface area contributed by atoms with E-state index in [4.69, 9.17) is 12.2 Å². The number of halogens is 1. The van der Waals surface area contributed by atoms with Crippen LogP contribution in [0.1, 0.15) is 5.69 Å². The Morgan fingerprint density at radius 1 is 1.12 bits per heavy atom. The van der Waals surface area contributed by atoms with Gasteiger partial charge in [-0.15, -0.1) is 0 Å². The molecular weight excluding hydrogens is 329 g/mol. The smallest absolute Gasteiger partial charge is 0.280 e. The first-order chi connectivity index (χ1) is 11.6. The molecule has 0 atom stereocenters. The summed E-state index contributed by atoms with van der Waals surface area (Å²) in [7, 11) is 0. The molecule has 7 heteroatoms. The Labute approximate surface area is 140 Å². The number of H-pyrrole nitrogens is 1. The van der Waals surface area contributed by atoms with E-state index < -0.39 is 11.7 Å². The van der Waals surface area contributed by atoms with Crippen molar-refractivity contribution in [2.45, 2.75) is 0 Å². The van der Waals surface area contributed by atoms with Gasteiger partial charge in [0.2, 0.25) is 5.88 Å². The van der Waals surface area contributed by atoms with E-state index in [9.17, 15) is 14.3 Å². The van der Waals surface area contributed by atoms with E-state index >= 15 is 0 Å². The highest BCUT2D eigenvalue weighted by molar-refractivity contribution is 7.71. The topological polar surface area (TPSA) is 70.4 Å². The Balaban J connectivity index is 1.99. The maximum atomic E-state index is 13.1. The van der Waals surface area contributed by atoms with Crippen LogP contribution < -0.4 is 10.6 Å². The second-order valence-corrected chi connectivity index (χ2v) is 5.64. The highest BCUT2D eigenvalue weighted by Gasteiger charge is 2.25. The lowest BCUT2D eigenvalue weighted by Gasteiger charge is -2.04. The standard InChI is InChI=1S/C17H10FN3O2S/c18-9-5-7-10(8-6-9)21-16(23)14(20-17(21)24)13-11-3-1-2-4-12(11)19-15(13)22/h1-8,23H,(H,20,24). The highest BCUT2D eigenvalue weighted by Crippen LogP contribution is 2.28. The maximum Gasteiger partial charge on any atom is 0.280 e. The molecule has 1 aliphatic rings. The summed E-state index contributed by atoms with van der Waals surface area (Å²) < 4.78 is 14.6. The molecule has 4 rings (SSSR count). The molecule has 0 saturated carbocycles. The lowest BCUT2D eigenvalue weighted by Crippen LogP contribution is -2.22. The molecule has 24 heavy (non-hydrogen) atoms. The quantitative estimate of drug-likeness (QED) is 0.699. The van der Waals surface area contributed by atoms with Gasteiger partial charge in [-0.3, -0.25) is 9.36 Å². The van der Waals surface area contributed by atoms with Gasteiger partial charge in [0.25, 0.3) is 5.91 Å². The van der Waals surface area contributed by atoms with E-state index in [1.165, 1.54) is 28.8 Å². The number of aromatic hydroxyl groups is 1. The van der Waals surface area contributed by atoms with Crippen LogP contribution >= 0.6 is 12.2 Å². The molecule has 0 aliphatic carbocycles. The molecule has 1 amide bonds. The Kier molecular flexibility index (Phi) is 3.17. The summed E-state index contributed by atoms with van der Waals surface area (Å²) in [6.07, 6.45) is 0. The fraction of sp³-hybridized carbons (Fsp3) is 0. The number of para-hydroxylation sites is 1. The molecule has 2 heterocycles. The molecule has 0 saturated heterocycles. The molecule has 0 unspecified atom stereocenters. The first-order valence-corrected chi connectivity index (χ1v) is 7.50. The normalized spacial score (nSPS) is 13.0. The second kappa shape index (κ2) is 5.24. The van der Waals surface area contributed by atoms with E-state index in [1.807, 2.05) is 0 Å². The van der Waals surface area contributed by atoms with Crippen molar-refractivity contribution in [3.05, 3.63) is 75.4 Å². The molecule has 0 fully saturated rings. The summed E-state index contributed by atoms with van der Waals surface area (Å²) in [5, 5.41) is 11.8. The van der Waals surface area contributed by atoms with Gasteiger partial charge in [0.1, 0.15) is 11.5 Å². The fourth-order valence-electron chi connectivity index (χ4n) is 2.74. The summed E-state index contributed by atoms with van der Waals surface area (Å²) in [5.74, 6) is -1.07. The van der Waals surface area contributed by atoms with Crippen LogP contribution in [-0.2, 0) is 4.79 Å². The van der Waals surface area contributed by atoms with Crippen LogP contribution in [0.25, 0.3) is 11.3 Å². The molecule has 5 nitrogen and oxygen atoms in total. The molecule has 0 bridgehead atoms. The Hall–Kier alpha value is -3.06. The van der Waals surface area contributed by atoms with Crippen LogP contribution in [0, 0.1) is 10.6 Å². The number of aromatic amines is 1. The summed E-state index contributed by atoms with van der Waals surface area (Å²) >= 11 is 5.25. The Morgan fingerprint density at radius 3 is 2.58 bits per heavy atom. The monoisotopic (exact) mass is 339 g/mol. The maximum absolute atomic E-state index is 13.1. The van der Waals surface area contributed by atoms with E-state index in [1.54, 1.807) is 24.3 Å². The van der Waals surface area contributed by atoms with Crippen molar-refractivity contribution in [2.75, 3.05) is 0 Å². The summed E-state index contributed by atoms with van der Waals surface area (Å²) in [5.41, 5.74) is 0.941. The fourth-order valence-corrected chi connectivity index (χ4v) is 3.03. The Morgan fingerprint density at radius 2 is 1.83 bits per heavy atom. The molecule has 0 spiro atoms. The van der Waals surface area contributed by atoms with Crippen molar-refractivity contribution in [1.82, 2.24) is 9.55 Å². The average Bonchev–Trinajstić information content (AvgIpc) is 3.04. The number of nitrogens with zero attached hydrogens (tertiary/aromatic N) is 2. The first-order valence-electron chi connectivity index (χ1n) is 7.09. The number of aromatic nitrogens is 2. The van der Waals surface area contributed by atoms with E-state index in [-0.39, 0.29) is 21.9 Å². The molecule has 3 aromatic rings. The van der Waals surface area contributed by atoms with E-state index in [0.29, 0.717) is 16.3 Å². The van der Waals surface area contributed by atoms with Crippen molar-refractivity contribution in [1.29, 1.82) is 0 Å². The minimum Gasteiger partial charge on any atom is -0.493 e. The highest BCUT2D eigenvalue weighted by atomic mass is 32.1. The third-order valence-electron chi connectivity index (χ3n) is 3.81. The summed E-state index contributed by atoms with van der Waals surface area (Å²) in [6.45, 7) is 0. The average molecular weight is 339 g/mol. The summed E-state index contributed by atoms with van der Waals surface area (Å²) in [4.78, 5) is 19.1. The van der Waals surface area contributed by atoms with Gasteiger partial charge in [0.15, 0.2) is 4.77 Å². The molecule has 118 valence electrons. The number of hydrogen-bond acceptors (Lipinski definition) is 3. The van der Waals surface area contributed by atoms with Gasteiger partial charge in [-0.1, -0.05) is 18.2 Å². The largest absolute Gasteiger partial charge is 0.493 e. The van der Waals surface area contributed by atoms with Crippen molar-refractivity contribution in [3.63, 3.8) is 0 Å². The van der Waals surface area contributed by atoms with Gasteiger partial charge in [-0.25, -0.2) is 9.38 Å². The number of carbonyl (C=O) groups is 1. The van der Waals surface area contributed by atoms with E-state index in [2.05, 4.69) is 9.98 Å². The second-order valence-electron chi connectivity index (χ2n) is 5.25. The zero-order valence-electron chi connectivity index (χ0n) is 12.2. The number of rotatable bonds is 2. The van der Waals surface area contributed by atoms with Crippen molar-refractivity contribution >= 4 is 23.7 Å². The van der Waals surface area contributed by atoms with Crippen LogP contribution in [0.5, 0.6) is 5.88 Å². The lowest BCUT2D eigenvalue weighted by atomic mass is 10.1. The molecule has 2 N–H and O–H groups in total. The first kappa shape index (κ1) is 14.5. The van der Waals surface area contributed by atoms with Crippen LogP contribution in [0.2, 0.25) is 0 Å². The SMILES string of the molecule is O=C1N=c2ccccc2=C1c1[nH]c(=S)n(-c2ccc(F)cc2)c1O. The number of fused-ring (bicyclic) bond motifs is 1. The lowest BCUT2D eigenvalue weighted by molar-refractivity contribution is -0.112. The zero-order chi connectivity index (χ0) is 16.8. The minimum atomic E-state index is -0.450. The molecule has 1 aromatic heterocycles. The predicted octanol–water partition coefficient (Wildman–Crippen LogP) is 1.74. The van der Waals surface area contributed by atoms with Crippen molar-refractivity contribution in [3.8, 4) is 11.6 Å². The summed E-state index contributed by atoms with van der Waals surface area (Å²) in [6, 6.07) is 12.6. The number of nitrogens with one attached hydrogen (secondary N) is 1. The number of amides is 1. The van der Waals surface area contributed by atoms with Gasteiger partial charge >= 0.3 is 0 Å². The molecule has 0 radical (unpaired) electrons. The zero-order valence-corrected chi connectivity index (χ0v) is 13.0. The van der Waals surface area contributed by atoms with Crippen LogP contribution in [-0.4, -0.2) is 20.6 Å². The third kappa shape index (κ3) is 2.10. The number of carbonyl (C=O) groups excluding carboxylic acids is 1. The van der Waals surface area contributed by atoms with Gasteiger partial charge in [-0.05, 0) is 42.5 Å². The Bertz CT molecular complexity index is 1160. The van der Waals surface area contributed by atoms with Crippen LogP contribution in [0.4, 0.5) is 4.39 Å². The van der Waals surface area contributed by atoms with Gasteiger partial charge in [0.05, 0.1) is 16.6 Å². The van der Waals surface area contributed by atoms with Crippen molar-refractivity contribution in [2.24, 2.45) is 4.99 Å². The predicted molar refractivity (Wildman–Crippen MR) is 87.3 cm³/mol. The molecular formula is C17H10FN3O2S. The molecule has 1 aliphatic heterocycles. The third-order valence-corrected chi connectivity index (χ3v) is 4.10.